The Balaban J connectivity index is 2.37. The Hall–Kier alpha value is -2.04. The predicted octanol–water partition coefficient (Wildman–Crippen LogP) is 0.429. The van der Waals surface area contributed by atoms with Crippen LogP contribution in [0.15, 0.2) is 18.2 Å². The standard InChI is InChI=1S/C12H15N3O2/c1-7-5-9(13)3-4-10(7)15-6-11(16)14-12(17)8(15)2/h3-5,8H,6,13H2,1-2H3,(H,14,16,17). The summed E-state index contributed by atoms with van der Waals surface area (Å²) in [6, 6.07) is 5.09. The van der Waals surface area contributed by atoms with Gasteiger partial charge in [0.15, 0.2) is 0 Å². The second-order valence-electron chi connectivity index (χ2n) is 4.26. The molecule has 2 rings (SSSR count). The maximum Gasteiger partial charge on any atom is 0.249 e. The quantitative estimate of drug-likeness (QED) is 0.545. The van der Waals surface area contributed by atoms with E-state index >= 15 is 0 Å². The Kier molecular flexibility index (Phi) is 2.75. The van der Waals surface area contributed by atoms with Crippen LogP contribution in [0, 0.1) is 6.92 Å². The van der Waals surface area contributed by atoms with E-state index in [4.69, 9.17) is 5.73 Å². The van der Waals surface area contributed by atoms with Crippen molar-refractivity contribution in [1.82, 2.24) is 5.32 Å². The summed E-state index contributed by atoms with van der Waals surface area (Å²) in [5.41, 5.74) is 8.18. The summed E-state index contributed by atoms with van der Waals surface area (Å²) in [7, 11) is 0. The summed E-state index contributed by atoms with van der Waals surface area (Å²) in [4.78, 5) is 24.7. The van der Waals surface area contributed by atoms with Gasteiger partial charge >= 0.3 is 0 Å². The molecule has 5 nitrogen and oxygen atoms in total. The molecule has 0 bridgehead atoms. The SMILES string of the molecule is Cc1cc(N)ccc1N1CC(=O)NC(=O)C1C. The molecule has 1 saturated heterocycles. The van der Waals surface area contributed by atoms with Crippen molar-refractivity contribution >= 4 is 23.2 Å². The van der Waals surface area contributed by atoms with Gasteiger partial charge in [-0.2, -0.15) is 0 Å². The Bertz CT molecular complexity index is 485. The number of aryl methyl sites for hydroxylation is 1. The first-order valence-electron chi connectivity index (χ1n) is 5.45. The number of nitrogens with two attached hydrogens (primary N) is 1. The molecule has 1 aliphatic rings. The lowest BCUT2D eigenvalue weighted by molar-refractivity contribution is -0.132. The number of carbonyl (C=O) groups is 2. The molecule has 5 heteroatoms. The fraction of sp³-hybridized carbons (Fsp3) is 0.333. The van der Waals surface area contributed by atoms with Gasteiger partial charge in [0.1, 0.15) is 6.04 Å². The molecule has 1 unspecified atom stereocenters. The van der Waals surface area contributed by atoms with E-state index in [1.165, 1.54) is 0 Å². The lowest BCUT2D eigenvalue weighted by Gasteiger charge is -2.34. The van der Waals surface area contributed by atoms with Crippen LogP contribution in [-0.4, -0.2) is 24.4 Å². The molecule has 17 heavy (non-hydrogen) atoms. The van der Waals surface area contributed by atoms with E-state index in [9.17, 15) is 9.59 Å². The summed E-state index contributed by atoms with van der Waals surface area (Å²) in [5.74, 6) is -0.540. The highest BCUT2D eigenvalue weighted by atomic mass is 16.2. The van der Waals surface area contributed by atoms with E-state index in [2.05, 4.69) is 5.32 Å². The summed E-state index contributed by atoms with van der Waals surface area (Å²) >= 11 is 0. The number of nitrogens with one attached hydrogen (secondary N) is 1. The van der Waals surface area contributed by atoms with E-state index < -0.39 is 0 Å². The van der Waals surface area contributed by atoms with Crippen LogP contribution in [-0.2, 0) is 9.59 Å². The minimum absolute atomic E-state index is 0.192. The Morgan fingerprint density at radius 3 is 2.76 bits per heavy atom. The fourth-order valence-corrected chi connectivity index (χ4v) is 2.01. The maximum atomic E-state index is 11.6. The topological polar surface area (TPSA) is 75.4 Å². The molecule has 0 saturated carbocycles. The number of anilines is 2. The highest BCUT2D eigenvalue weighted by Crippen LogP contribution is 2.25. The molecule has 1 aromatic carbocycles. The third-order valence-corrected chi connectivity index (χ3v) is 2.95. The normalized spacial score (nSPS) is 20.4. The number of carbonyl (C=O) groups excluding carboxylic acids is 2. The van der Waals surface area contributed by atoms with Gasteiger partial charge < -0.3 is 10.6 Å². The highest BCUT2D eigenvalue weighted by Gasteiger charge is 2.30. The first kappa shape index (κ1) is 11.4. The largest absolute Gasteiger partial charge is 0.399 e. The molecule has 0 spiro atoms. The third kappa shape index (κ3) is 2.08. The van der Waals surface area contributed by atoms with Crippen molar-refractivity contribution in [3.8, 4) is 0 Å². The average molecular weight is 233 g/mol. The van der Waals surface area contributed by atoms with E-state index in [-0.39, 0.29) is 24.4 Å². The minimum Gasteiger partial charge on any atom is -0.399 e. The van der Waals surface area contributed by atoms with E-state index in [1.54, 1.807) is 17.9 Å². The molecular formula is C12H15N3O2. The number of nitrogens with zero attached hydrogens (tertiary/aromatic N) is 1. The van der Waals surface area contributed by atoms with E-state index in [0.717, 1.165) is 11.3 Å². The summed E-state index contributed by atoms with van der Waals surface area (Å²) in [5, 5.41) is 2.32. The number of rotatable bonds is 1. The molecule has 1 heterocycles. The number of nitrogen functional groups attached to an aromatic ring is 1. The van der Waals surface area contributed by atoms with Gasteiger partial charge in [-0.25, -0.2) is 0 Å². The van der Waals surface area contributed by atoms with Gasteiger partial charge in [-0.1, -0.05) is 0 Å². The van der Waals surface area contributed by atoms with Crippen LogP contribution in [0.2, 0.25) is 0 Å². The van der Waals surface area contributed by atoms with Gasteiger partial charge in [0.25, 0.3) is 0 Å². The summed E-state index contributed by atoms with van der Waals surface area (Å²) < 4.78 is 0. The number of amides is 2. The third-order valence-electron chi connectivity index (χ3n) is 2.95. The van der Waals surface area contributed by atoms with Gasteiger partial charge in [-0.15, -0.1) is 0 Å². The Morgan fingerprint density at radius 2 is 2.12 bits per heavy atom. The van der Waals surface area contributed by atoms with Gasteiger partial charge in [-0.05, 0) is 37.6 Å². The van der Waals surface area contributed by atoms with Crippen LogP contribution in [0.3, 0.4) is 0 Å². The molecule has 0 radical (unpaired) electrons. The first-order chi connectivity index (χ1) is 7.99. The first-order valence-corrected chi connectivity index (χ1v) is 5.45. The molecule has 2 amide bonds. The van der Waals surface area contributed by atoms with Crippen molar-refractivity contribution in [1.29, 1.82) is 0 Å². The van der Waals surface area contributed by atoms with Gasteiger partial charge in [0.05, 0.1) is 6.54 Å². The van der Waals surface area contributed by atoms with Gasteiger partial charge in [0.2, 0.25) is 11.8 Å². The van der Waals surface area contributed by atoms with Gasteiger partial charge in [0, 0.05) is 11.4 Å². The van der Waals surface area contributed by atoms with Crippen LogP contribution in [0.4, 0.5) is 11.4 Å². The minimum atomic E-state index is -0.352. The number of benzene rings is 1. The lowest BCUT2D eigenvalue weighted by Crippen LogP contribution is -2.57. The van der Waals surface area contributed by atoms with Gasteiger partial charge in [-0.3, -0.25) is 14.9 Å². The predicted molar refractivity (Wildman–Crippen MR) is 65.5 cm³/mol. The zero-order valence-electron chi connectivity index (χ0n) is 9.86. The smallest absolute Gasteiger partial charge is 0.249 e. The Labute approximate surface area is 99.6 Å². The number of imide groups is 1. The van der Waals surface area contributed by atoms with Crippen molar-refractivity contribution in [2.45, 2.75) is 19.9 Å². The van der Waals surface area contributed by atoms with E-state index in [0.29, 0.717) is 5.69 Å². The van der Waals surface area contributed by atoms with Crippen LogP contribution >= 0.6 is 0 Å². The number of hydrogen-bond donors (Lipinski definition) is 2. The van der Waals surface area contributed by atoms with Crippen LogP contribution in [0.25, 0.3) is 0 Å². The average Bonchev–Trinajstić information content (AvgIpc) is 2.24. The van der Waals surface area contributed by atoms with Crippen molar-refractivity contribution < 1.29 is 9.59 Å². The number of piperazine rings is 1. The van der Waals surface area contributed by atoms with Crippen molar-refractivity contribution in [3.05, 3.63) is 23.8 Å². The molecule has 1 fully saturated rings. The van der Waals surface area contributed by atoms with Crippen LogP contribution < -0.4 is 16.0 Å². The molecule has 3 N–H and O–H groups in total. The zero-order valence-corrected chi connectivity index (χ0v) is 9.86. The molecule has 1 aromatic rings. The zero-order chi connectivity index (χ0) is 12.6. The Morgan fingerprint density at radius 1 is 1.41 bits per heavy atom. The molecule has 1 atom stereocenters. The van der Waals surface area contributed by atoms with Crippen molar-refractivity contribution in [2.24, 2.45) is 0 Å². The summed E-state index contributed by atoms with van der Waals surface area (Å²) in [6.07, 6.45) is 0. The number of hydrogen-bond acceptors (Lipinski definition) is 4. The molecular weight excluding hydrogens is 218 g/mol. The second-order valence-corrected chi connectivity index (χ2v) is 4.26. The molecule has 90 valence electrons. The van der Waals surface area contributed by atoms with Crippen molar-refractivity contribution in [2.75, 3.05) is 17.2 Å². The maximum absolute atomic E-state index is 11.6. The lowest BCUT2D eigenvalue weighted by atomic mass is 10.1. The molecule has 0 aliphatic carbocycles. The van der Waals surface area contributed by atoms with Crippen molar-refractivity contribution in [3.63, 3.8) is 0 Å². The van der Waals surface area contributed by atoms with E-state index in [1.807, 2.05) is 19.1 Å². The molecule has 0 aromatic heterocycles. The molecule has 1 aliphatic heterocycles. The monoisotopic (exact) mass is 233 g/mol. The second kappa shape index (κ2) is 4.08. The fourth-order valence-electron chi connectivity index (χ4n) is 2.01. The highest BCUT2D eigenvalue weighted by molar-refractivity contribution is 6.04. The van der Waals surface area contributed by atoms with Crippen LogP contribution in [0.1, 0.15) is 12.5 Å². The summed E-state index contributed by atoms with van der Waals surface area (Å²) in [6.45, 7) is 3.88. The van der Waals surface area contributed by atoms with Crippen LogP contribution in [0.5, 0.6) is 0 Å².